The summed E-state index contributed by atoms with van der Waals surface area (Å²) < 4.78 is 11.3. The van der Waals surface area contributed by atoms with Crippen molar-refractivity contribution in [2.24, 2.45) is 0 Å². The number of nitrogens with one attached hydrogen (secondary N) is 1. The van der Waals surface area contributed by atoms with Gasteiger partial charge >= 0.3 is 0 Å². The number of hydrogen-bond acceptors (Lipinski definition) is 8. The lowest BCUT2D eigenvalue weighted by atomic mass is 10.2. The van der Waals surface area contributed by atoms with Crippen LogP contribution in [0.5, 0.6) is 5.88 Å². The Bertz CT molecular complexity index is 1970. The molecule has 12 nitrogen and oxygen atoms in total. The van der Waals surface area contributed by atoms with Crippen LogP contribution in [-0.2, 0) is 17.9 Å². The Morgan fingerprint density at radius 1 is 0.953 bits per heavy atom. The van der Waals surface area contributed by atoms with E-state index in [0.29, 0.717) is 47.3 Å². The molecular weight excluding hydrogens is 546 g/mol. The fourth-order valence-corrected chi connectivity index (χ4v) is 6.07. The first-order valence-corrected chi connectivity index (χ1v) is 14.8. The highest BCUT2D eigenvalue weighted by atomic mass is 16.5. The molecule has 0 saturated carbocycles. The Hall–Kier alpha value is -4.97. The second-order valence-electron chi connectivity index (χ2n) is 11.2. The van der Waals surface area contributed by atoms with Crippen molar-refractivity contribution in [3.05, 3.63) is 71.4 Å². The van der Waals surface area contributed by atoms with E-state index in [2.05, 4.69) is 49.1 Å². The zero-order valence-electron chi connectivity index (χ0n) is 23.6. The van der Waals surface area contributed by atoms with Gasteiger partial charge in [0.1, 0.15) is 11.1 Å². The van der Waals surface area contributed by atoms with Crippen LogP contribution in [0.3, 0.4) is 0 Å². The molecule has 7 heterocycles. The standard InChI is InChI=1S/C31H31N9O3/c41-27-20-43-29-26-17-23(18-32-29)40-28-24(30(42)39(40)12-4-2-1-3-11-38(26)27)19-33-31(35-28)34-22-6-7-25-21(16-22)8-13-37(25)15-14-36-9-5-10-36/h2,4,6-8,13,16-19H,1,3,5,9-12,14-15,20H2,(H,33,34,35)/b4-2-. The number of aromatic nitrogens is 6. The van der Waals surface area contributed by atoms with Crippen LogP contribution in [0.1, 0.15) is 19.3 Å². The predicted molar refractivity (Wildman–Crippen MR) is 163 cm³/mol. The molecule has 3 aliphatic heterocycles. The van der Waals surface area contributed by atoms with Crippen LogP contribution < -0.4 is 20.5 Å². The van der Waals surface area contributed by atoms with Gasteiger partial charge in [0.2, 0.25) is 11.8 Å². The molecule has 1 fully saturated rings. The number of hydrogen-bond donors (Lipinski definition) is 1. The van der Waals surface area contributed by atoms with Crippen LogP contribution in [0.4, 0.5) is 17.3 Å². The van der Waals surface area contributed by atoms with E-state index in [-0.39, 0.29) is 18.1 Å². The number of nitrogens with zero attached hydrogens (tertiary/aromatic N) is 8. The van der Waals surface area contributed by atoms with Gasteiger partial charge in [-0.2, -0.15) is 4.98 Å². The molecule has 0 atom stereocenters. The molecule has 0 radical (unpaired) electrons. The lowest BCUT2D eigenvalue weighted by Crippen LogP contribution is -2.40. The van der Waals surface area contributed by atoms with Gasteiger partial charge in [0.25, 0.3) is 11.5 Å². The van der Waals surface area contributed by atoms with Crippen molar-refractivity contribution >= 4 is 45.2 Å². The summed E-state index contributed by atoms with van der Waals surface area (Å²) in [6.45, 7) is 5.31. The lowest BCUT2D eigenvalue weighted by molar-refractivity contribution is -0.121. The summed E-state index contributed by atoms with van der Waals surface area (Å²) in [6, 6.07) is 10.2. The van der Waals surface area contributed by atoms with Crippen LogP contribution in [0, 0.1) is 0 Å². The van der Waals surface area contributed by atoms with Crippen LogP contribution >= 0.6 is 0 Å². The van der Waals surface area contributed by atoms with Gasteiger partial charge in [-0.1, -0.05) is 12.2 Å². The van der Waals surface area contributed by atoms with Crippen molar-refractivity contribution in [2.45, 2.75) is 32.4 Å². The number of likely N-dealkylation sites (tertiary alicyclic amines) is 1. The molecule has 3 aliphatic rings. The highest BCUT2D eigenvalue weighted by Gasteiger charge is 2.28. The van der Waals surface area contributed by atoms with Crippen molar-refractivity contribution in [1.82, 2.24) is 33.8 Å². The summed E-state index contributed by atoms with van der Waals surface area (Å²) in [5, 5.41) is 4.86. The van der Waals surface area contributed by atoms with Crippen molar-refractivity contribution in [3.63, 3.8) is 0 Å². The third-order valence-electron chi connectivity index (χ3n) is 8.49. The zero-order valence-corrected chi connectivity index (χ0v) is 23.6. The van der Waals surface area contributed by atoms with Crippen molar-refractivity contribution in [2.75, 3.05) is 43.0 Å². The molecule has 0 spiro atoms. The van der Waals surface area contributed by atoms with Gasteiger partial charge in [-0.05, 0) is 62.7 Å². The van der Waals surface area contributed by atoms with Crippen molar-refractivity contribution in [1.29, 1.82) is 0 Å². The topological polar surface area (TPSA) is 115 Å². The highest BCUT2D eigenvalue weighted by molar-refractivity contribution is 5.97. The molecule has 8 rings (SSSR count). The van der Waals surface area contributed by atoms with E-state index in [4.69, 9.17) is 9.72 Å². The van der Waals surface area contributed by atoms with Crippen molar-refractivity contribution < 1.29 is 9.53 Å². The molecule has 2 bridgehead atoms. The average molecular weight is 578 g/mol. The summed E-state index contributed by atoms with van der Waals surface area (Å²) >= 11 is 0. The quantitative estimate of drug-likeness (QED) is 0.316. The van der Waals surface area contributed by atoms with Gasteiger partial charge in [-0.3, -0.25) is 9.59 Å². The Balaban J connectivity index is 1.17. The Morgan fingerprint density at radius 2 is 1.88 bits per heavy atom. The monoisotopic (exact) mass is 577 g/mol. The first-order chi connectivity index (χ1) is 21.1. The summed E-state index contributed by atoms with van der Waals surface area (Å²) in [6.07, 6.45) is 12.2. The maximum Gasteiger partial charge on any atom is 0.278 e. The molecule has 12 heteroatoms. The third-order valence-corrected chi connectivity index (χ3v) is 8.49. The third kappa shape index (κ3) is 4.54. The number of rotatable bonds is 5. The number of allylic oxidation sites excluding steroid dienone is 2. The Morgan fingerprint density at radius 3 is 2.77 bits per heavy atom. The minimum absolute atomic E-state index is 0.0380. The Labute approximate surface area is 246 Å². The van der Waals surface area contributed by atoms with E-state index in [9.17, 15) is 9.59 Å². The number of anilines is 3. The van der Waals surface area contributed by atoms with Gasteiger partial charge in [0.15, 0.2) is 12.3 Å². The molecule has 4 aromatic heterocycles. The molecule has 1 N–H and O–H groups in total. The zero-order chi connectivity index (χ0) is 28.9. The molecule has 1 aromatic carbocycles. The number of fused-ring (bicyclic) bond motifs is 6. The summed E-state index contributed by atoms with van der Waals surface area (Å²) in [4.78, 5) is 44.3. The van der Waals surface area contributed by atoms with E-state index in [1.807, 2.05) is 24.3 Å². The fourth-order valence-electron chi connectivity index (χ4n) is 6.07. The SMILES string of the molecule is O=C1COc2ncc3cc2N1CCC/C=C\Cn1c(=O)c2cnc(Nc4ccc5c(ccn5CCN5CCC5)c4)nc2n1-3. The summed E-state index contributed by atoms with van der Waals surface area (Å²) in [7, 11) is 0. The number of carbonyl (C=O) groups excluding carboxylic acids is 1. The second-order valence-corrected chi connectivity index (χ2v) is 11.2. The number of ether oxygens (including phenoxy) is 1. The maximum absolute atomic E-state index is 13.6. The molecule has 43 heavy (non-hydrogen) atoms. The Kier molecular flexibility index (Phi) is 6.21. The molecule has 218 valence electrons. The molecule has 1 saturated heterocycles. The van der Waals surface area contributed by atoms with Crippen LogP contribution in [0.15, 0.2) is 65.9 Å². The highest BCUT2D eigenvalue weighted by Crippen LogP contribution is 2.33. The van der Waals surface area contributed by atoms with Crippen LogP contribution in [0.2, 0.25) is 0 Å². The molecular formula is C31H31N9O3. The second kappa shape index (κ2) is 10.4. The van der Waals surface area contributed by atoms with E-state index in [1.54, 1.807) is 26.7 Å². The van der Waals surface area contributed by atoms with Crippen LogP contribution in [-0.4, -0.2) is 72.5 Å². The number of carbonyl (C=O) groups is 1. The minimum atomic E-state index is -0.203. The maximum atomic E-state index is 13.6. The lowest BCUT2D eigenvalue weighted by Gasteiger charge is -2.30. The molecule has 1 amide bonds. The average Bonchev–Trinajstić information content (AvgIpc) is 3.51. The fraction of sp³-hybridized carbons (Fsp3) is 0.323. The molecule has 0 unspecified atom stereocenters. The number of benzene rings is 1. The van der Waals surface area contributed by atoms with E-state index < -0.39 is 0 Å². The normalized spacial score (nSPS) is 17.6. The summed E-state index contributed by atoms with van der Waals surface area (Å²) in [5.41, 5.74) is 3.48. The van der Waals surface area contributed by atoms with Gasteiger partial charge in [0, 0.05) is 48.6 Å². The molecule has 5 aromatic rings. The number of pyridine rings is 1. The van der Waals surface area contributed by atoms with Gasteiger partial charge < -0.3 is 24.4 Å². The minimum Gasteiger partial charge on any atom is -0.466 e. The van der Waals surface area contributed by atoms with E-state index in [0.717, 1.165) is 37.0 Å². The van der Waals surface area contributed by atoms with Gasteiger partial charge in [-0.15, -0.1) is 0 Å². The largest absolute Gasteiger partial charge is 0.466 e. The van der Waals surface area contributed by atoms with E-state index in [1.165, 1.54) is 25.0 Å². The predicted octanol–water partition coefficient (Wildman–Crippen LogP) is 3.46. The molecule has 0 aliphatic carbocycles. The van der Waals surface area contributed by atoms with Gasteiger partial charge in [0.05, 0.1) is 18.4 Å². The van der Waals surface area contributed by atoms with Gasteiger partial charge in [-0.25, -0.2) is 19.3 Å². The first-order valence-electron chi connectivity index (χ1n) is 14.8. The summed E-state index contributed by atoms with van der Waals surface area (Å²) in [5.74, 6) is 0.667. The smallest absolute Gasteiger partial charge is 0.278 e. The number of amides is 1. The van der Waals surface area contributed by atoms with E-state index >= 15 is 0 Å². The van der Waals surface area contributed by atoms with Crippen molar-refractivity contribution in [3.8, 4) is 11.6 Å². The first kappa shape index (κ1) is 25.7. The van der Waals surface area contributed by atoms with Crippen LogP contribution in [0.25, 0.3) is 27.6 Å².